The molecular formula is C14H16N4. The number of nitrogens with zero attached hydrogens (tertiary/aromatic N) is 2. The number of benzene rings is 1. The van der Waals surface area contributed by atoms with Crippen LogP contribution in [0.5, 0.6) is 0 Å². The number of fused-ring (bicyclic) bond motifs is 3. The van der Waals surface area contributed by atoms with Gasteiger partial charge in [0, 0.05) is 36.3 Å². The lowest BCUT2D eigenvalue weighted by molar-refractivity contribution is 0.976. The third-order valence-corrected chi connectivity index (χ3v) is 2.51. The lowest BCUT2D eigenvalue weighted by Gasteiger charge is -2.00. The molecule has 0 saturated heterocycles. The first-order valence-corrected chi connectivity index (χ1v) is 5.85. The van der Waals surface area contributed by atoms with Crippen molar-refractivity contribution in [3.05, 3.63) is 48.8 Å². The van der Waals surface area contributed by atoms with Gasteiger partial charge >= 0.3 is 0 Å². The molecule has 2 aromatic heterocycles. The van der Waals surface area contributed by atoms with E-state index >= 15 is 0 Å². The van der Waals surface area contributed by atoms with Gasteiger partial charge in [0.05, 0.1) is 11.0 Å². The summed E-state index contributed by atoms with van der Waals surface area (Å²) in [6.07, 6.45) is 3.60. The standard InChI is InChI=1S/C12H8N2.C2H8N2/c1-3-9-5-6-10-4-2-8-14-12(10)11(9)13-7-1;3-1-2-4/h1-8H;1-4H2. The highest BCUT2D eigenvalue weighted by Crippen LogP contribution is 2.20. The van der Waals surface area contributed by atoms with E-state index in [4.69, 9.17) is 11.5 Å². The lowest BCUT2D eigenvalue weighted by atomic mass is 10.1. The van der Waals surface area contributed by atoms with Crippen LogP contribution >= 0.6 is 0 Å². The van der Waals surface area contributed by atoms with Gasteiger partial charge in [-0.15, -0.1) is 0 Å². The Hall–Kier alpha value is -2.04. The number of hydrogen-bond acceptors (Lipinski definition) is 4. The fourth-order valence-corrected chi connectivity index (χ4v) is 1.68. The Morgan fingerprint density at radius 2 is 1.17 bits per heavy atom. The van der Waals surface area contributed by atoms with Crippen LogP contribution in [0.1, 0.15) is 0 Å². The average Bonchev–Trinajstić information content (AvgIpc) is 2.47. The first kappa shape index (κ1) is 12.4. The molecule has 0 aliphatic heterocycles. The summed E-state index contributed by atoms with van der Waals surface area (Å²) in [4.78, 5) is 8.69. The molecule has 0 spiro atoms. The molecule has 0 aliphatic carbocycles. The Balaban J connectivity index is 0.000000267. The molecule has 0 bridgehead atoms. The van der Waals surface area contributed by atoms with E-state index in [1.165, 1.54) is 0 Å². The molecule has 2 heterocycles. The molecule has 0 unspecified atom stereocenters. The van der Waals surface area contributed by atoms with Crippen LogP contribution in [-0.2, 0) is 0 Å². The van der Waals surface area contributed by atoms with E-state index in [1.807, 2.05) is 12.1 Å². The van der Waals surface area contributed by atoms with Gasteiger partial charge in [-0.05, 0) is 12.1 Å². The number of aromatic nitrogens is 2. The molecule has 0 saturated carbocycles. The topological polar surface area (TPSA) is 77.8 Å². The Morgan fingerprint density at radius 3 is 1.56 bits per heavy atom. The van der Waals surface area contributed by atoms with Crippen LogP contribution in [0.4, 0.5) is 0 Å². The van der Waals surface area contributed by atoms with Crippen molar-refractivity contribution in [3.8, 4) is 0 Å². The van der Waals surface area contributed by atoms with E-state index in [0.29, 0.717) is 13.1 Å². The van der Waals surface area contributed by atoms with Crippen molar-refractivity contribution in [1.29, 1.82) is 0 Å². The predicted octanol–water partition coefficient (Wildman–Crippen LogP) is 1.69. The van der Waals surface area contributed by atoms with Crippen LogP contribution < -0.4 is 11.5 Å². The fraction of sp³-hybridized carbons (Fsp3) is 0.143. The Bertz CT molecular complexity index is 580. The van der Waals surface area contributed by atoms with Crippen LogP contribution in [-0.4, -0.2) is 23.1 Å². The van der Waals surface area contributed by atoms with Crippen LogP contribution in [0.25, 0.3) is 21.8 Å². The maximum atomic E-state index is 4.90. The van der Waals surface area contributed by atoms with E-state index in [2.05, 4.69) is 34.2 Å². The average molecular weight is 240 g/mol. The number of pyridine rings is 2. The number of hydrogen-bond donors (Lipinski definition) is 2. The molecule has 3 rings (SSSR count). The lowest BCUT2D eigenvalue weighted by Crippen LogP contribution is -2.11. The maximum Gasteiger partial charge on any atom is 0.0964 e. The SMILES string of the molecule is NCCN.c1cnc2c(c1)ccc1cccnc12. The van der Waals surface area contributed by atoms with Crippen LogP contribution in [0.15, 0.2) is 48.8 Å². The monoisotopic (exact) mass is 240 g/mol. The quantitative estimate of drug-likeness (QED) is 0.634. The van der Waals surface area contributed by atoms with E-state index < -0.39 is 0 Å². The molecule has 3 aromatic rings. The predicted molar refractivity (Wildman–Crippen MR) is 75.2 cm³/mol. The zero-order valence-corrected chi connectivity index (χ0v) is 10.1. The molecular weight excluding hydrogens is 224 g/mol. The Morgan fingerprint density at radius 1 is 0.722 bits per heavy atom. The third-order valence-electron chi connectivity index (χ3n) is 2.51. The van der Waals surface area contributed by atoms with Gasteiger partial charge in [0.15, 0.2) is 0 Å². The molecule has 18 heavy (non-hydrogen) atoms. The van der Waals surface area contributed by atoms with Crippen LogP contribution in [0, 0.1) is 0 Å². The Labute approximate surface area is 106 Å². The summed E-state index contributed by atoms with van der Waals surface area (Å²) in [5, 5.41) is 2.28. The van der Waals surface area contributed by atoms with Crippen LogP contribution in [0.3, 0.4) is 0 Å². The number of rotatable bonds is 1. The molecule has 0 amide bonds. The second-order valence-corrected chi connectivity index (χ2v) is 3.79. The molecule has 4 heteroatoms. The van der Waals surface area contributed by atoms with Gasteiger partial charge in [-0.25, -0.2) is 0 Å². The minimum atomic E-state index is 0.597. The molecule has 0 aliphatic rings. The summed E-state index contributed by atoms with van der Waals surface area (Å²) in [6.45, 7) is 1.19. The molecule has 0 fully saturated rings. The Kier molecular flexibility index (Phi) is 4.17. The van der Waals surface area contributed by atoms with Gasteiger partial charge < -0.3 is 11.5 Å². The molecule has 0 atom stereocenters. The van der Waals surface area contributed by atoms with Crippen molar-refractivity contribution in [3.63, 3.8) is 0 Å². The summed E-state index contributed by atoms with van der Waals surface area (Å²) in [6, 6.07) is 12.1. The van der Waals surface area contributed by atoms with Gasteiger partial charge in [0.25, 0.3) is 0 Å². The second kappa shape index (κ2) is 6.05. The van der Waals surface area contributed by atoms with E-state index in [0.717, 1.165) is 21.8 Å². The van der Waals surface area contributed by atoms with Crippen molar-refractivity contribution in [1.82, 2.24) is 9.97 Å². The molecule has 4 nitrogen and oxygen atoms in total. The summed E-state index contributed by atoms with van der Waals surface area (Å²) in [7, 11) is 0. The summed E-state index contributed by atoms with van der Waals surface area (Å²) >= 11 is 0. The highest BCUT2D eigenvalue weighted by Gasteiger charge is 2.00. The molecule has 0 radical (unpaired) electrons. The van der Waals surface area contributed by atoms with Gasteiger partial charge in [-0.2, -0.15) is 0 Å². The largest absolute Gasteiger partial charge is 0.329 e. The third kappa shape index (κ3) is 2.61. The number of nitrogens with two attached hydrogens (primary N) is 2. The van der Waals surface area contributed by atoms with Crippen molar-refractivity contribution < 1.29 is 0 Å². The highest BCUT2D eigenvalue weighted by molar-refractivity contribution is 6.02. The summed E-state index contributed by atoms with van der Waals surface area (Å²) in [5.74, 6) is 0. The highest BCUT2D eigenvalue weighted by atomic mass is 14.7. The van der Waals surface area contributed by atoms with Crippen molar-refractivity contribution in [2.75, 3.05) is 13.1 Å². The van der Waals surface area contributed by atoms with Gasteiger partial charge in [-0.1, -0.05) is 24.3 Å². The van der Waals surface area contributed by atoms with E-state index in [-0.39, 0.29) is 0 Å². The van der Waals surface area contributed by atoms with Crippen molar-refractivity contribution in [2.45, 2.75) is 0 Å². The van der Waals surface area contributed by atoms with Gasteiger partial charge in [0.2, 0.25) is 0 Å². The van der Waals surface area contributed by atoms with Crippen molar-refractivity contribution in [2.24, 2.45) is 11.5 Å². The minimum Gasteiger partial charge on any atom is -0.329 e. The minimum absolute atomic E-state index is 0.597. The summed E-state index contributed by atoms with van der Waals surface area (Å²) in [5.41, 5.74) is 11.8. The molecule has 4 N–H and O–H groups in total. The van der Waals surface area contributed by atoms with E-state index in [1.54, 1.807) is 12.4 Å². The first-order chi connectivity index (χ1) is 8.86. The van der Waals surface area contributed by atoms with Crippen molar-refractivity contribution >= 4 is 21.8 Å². The maximum absolute atomic E-state index is 4.90. The second-order valence-electron chi connectivity index (χ2n) is 3.79. The van der Waals surface area contributed by atoms with Gasteiger partial charge in [-0.3, -0.25) is 9.97 Å². The fourth-order valence-electron chi connectivity index (χ4n) is 1.68. The van der Waals surface area contributed by atoms with E-state index in [9.17, 15) is 0 Å². The van der Waals surface area contributed by atoms with Crippen LogP contribution in [0.2, 0.25) is 0 Å². The molecule has 1 aromatic carbocycles. The first-order valence-electron chi connectivity index (χ1n) is 5.85. The van der Waals surface area contributed by atoms with Gasteiger partial charge in [0.1, 0.15) is 0 Å². The zero-order valence-electron chi connectivity index (χ0n) is 10.1. The smallest absolute Gasteiger partial charge is 0.0964 e. The summed E-state index contributed by atoms with van der Waals surface area (Å²) < 4.78 is 0. The normalized spacial score (nSPS) is 10.1. The zero-order chi connectivity index (χ0) is 12.8. The molecule has 92 valence electrons.